The topological polar surface area (TPSA) is 56.9 Å². The van der Waals surface area contributed by atoms with Crippen molar-refractivity contribution in [3.8, 4) is 0 Å². The summed E-state index contributed by atoms with van der Waals surface area (Å²) in [7, 11) is 0. The average Bonchev–Trinajstić information content (AvgIpc) is 2.20. The third-order valence-corrected chi connectivity index (χ3v) is 2.07. The van der Waals surface area contributed by atoms with Crippen molar-refractivity contribution in [1.29, 1.82) is 0 Å². The highest BCUT2D eigenvalue weighted by Gasteiger charge is 1.96. The Labute approximate surface area is 90.1 Å². The zero-order chi connectivity index (χ0) is 11.1. The van der Waals surface area contributed by atoms with Gasteiger partial charge in [-0.3, -0.25) is 4.79 Å². The van der Waals surface area contributed by atoms with Gasteiger partial charge in [0.2, 0.25) is 0 Å². The van der Waals surface area contributed by atoms with Crippen LogP contribution < -0.4 is 16.1 Å². The number of aromatic amines is 1. The molecule has 1 rings (SSSR count). The standard InChI is InChI=1S/C11H19N3O/c1-9(2)14-6-5-13-8-10-7-12-4-3-11(10)15/h3-4,7,9,13-14H,5-6,8H2,1-2H3,(H,12,15). The first-order chi connectivity index (χ1) is 7.20. The number of nitrogens with one attached hydrogen (secondary N) is 3. The molecule has 0 saturated heterocycles. The van der Waals surface area contributed by atoms with Crippen LogP contribution in [0.15, 0.2) is 23.3 Å². The van der Waals surface area contributed by atoms with Crippen LogP contribution >= 0.6 is 0 Å². The summed E-state index contributed by atoms with van der Waals surface area (Å²) in [5.41, 5.74) is 0.861. The maximum absolute atomic E-state index is 11.3. The quantitative estimate of drug-likeness (QED) is 0.597. The third kappa shape index (κ3) is 4.76. The van der Waals surface area contributed by atoms with E-state index in [1.165, 1.54) is 0 Å². The van der Waals surface area contributed by atoms with Crippen LogP contribution in [0.1, 0.15) is 19.4 Å². The zero-order valence-corrected chi connectivity index (χ0v) is 9.34. The van der Waals surface area contributed by atoms with Gasteiger partial charge in [-0.25, -0.2) is 0 Å². The molecule has 0 aliphatic rings. The molecule has 0 aliphatic carbocycles. The Bertz CT molecular complexity index is 333. The summed E-state index contributed by atoms with van der Waals surface area (Å²) < 4.78 is 0. The molecule has 3 N–H and O–H groups in total. The van der Waals surface area contributed by atoms with Crippen molar-refractivity contribution in [2.45, 2.75) is 26.4 Å². The normalized spacial score (nSPS) is 10.9. The Hall–Kier alpha value is -1.13. The Kier molecular flexibility index (Phi) is 5.07. The van der Waals surface area contributed by atoms with Crippen LogP contribution in [-0.2, 0) is 6.54 Å². The largest absolute Gasteiger partial charge is 0.367 e. The first kappa shape index (κ1) is 11.9. The van der Waals surface area contributed by atoms with Gasteiger partial charge in [0, 0.05) is 49.7 Å². The maximum atomic E-state index is 11.3. The summed E-state index contributed by atoms with van der Waals surface area (Å²) >= 11 is 0. The fourth-order valence-electron chi connectivity index (χ4n) is 1.26. The number of hydrogen-bond donors (Lipinski definition) is 3. The van der Waals surface area contributed by atoms with Gasteiger partial charge in [0.1, 0.15) is 0 Å². The van der Waals surface area contributed by atoms with Crippen molar-refractivity contribution in [2.24, 2.45) is 0 Å². The van der Waals surface area contributed by atoms with E-state index >= 15 is 0 Å². The highest BCUT2D eigenvalue weighted by atomic mass is 16.1. The van der Waals surface area contributed by atoms with Crippen molar-refractivity contribution in [3.05, 3.63) is 34.2 Å². The molecular formula is C11H19N3O. The summed E-state index contributed by atoms with van der Waals surface area (Å²) in [6.07, 6.45) is 3.39. The highest BCUT2D eigenvalue weighted by Crippen LogP contribution is 1.85. The van der Waals surface area contributed by atoms with E-state index in [2.05, 4.69) is 29.5 Å². The minimum atomic E-state index is 0.0815. The molecule has 1 aromatic heterocycles. The summed E-state index contributed by atoms with van der Waals surface area (Å²) in [5.74, 6) is 0. The molecular weight excluding hydrogens is 190 g/mol. The second kappa shape index (κ2) is 6.37. The Morgan fingerprint density at radius 1 is 1.40 bits per heavy atom. The van der Waals surface area contributed by atoms with Crippen LogP contribution in [0.5, 0.6) is 0 Å². The van der Waals surface area contributed by atoms with Gasteiger partial charge in [0.25, 0.3) is 0 Å². The SMILES string of the molecule is CC(C)NCCNCc1c[nH]ccc1=O. The fourth-order valence-corrected chi connectivity index (χ4v) is 1.26. The molecule has 0 aromatic carbocycles. The molecule has 1 aromatic rings. The van der Waals surface area contributed by atoms with Crippen LogP contribution in [0.25, 0.3) is 0 Å². The molecule has 0 radical (unpaired) electrons. The Morgan fingerprint density at radius 2 is 2.20 bits per heavy atom. The van der Waals surface area contributed by atoms with Crippen molar-refractivity contribution < 1.29 is 0 Å². The van der Waals surface area contributed by atoms with Gasteiger partial charge in [-0.15, -0.1) is 0 Å². The highest BCUT2D eigenvalue weighted by molar-refractivity contribution is 5.08. The van der Waals surface area contributed by atoms with E-state index in [1.54, 1.807) is 18.5 Å². The first-order valence-electron chi connectivity index (χ1n) is 5.30. The summed E-state index contributed by atoms with van der Waals surface area (Å²) in [5, 5.41) is 6.51. The lowest BCUT2D eigenvalue weighted by molar-refractivity contribution is 0.555. The zero-order valence-electron chi connectivity index (χ0n) is 9.34. The van der Waals surface area contributed by atoms with E-state index in [0.29, 0.717) is 12.6 Å². The molecule has 0 fully saturated rings. The van der Waals surface area contributed by atoms with Crippen LogP contribution in [0.2, 0.25) is 0 Å². The van der Waals surface area contributed by atoms with Crippen molar-refractivity contribution in [3.63, 3.8) is 0 Å². The minimum absolute atomic E-state index is 0.0815. The number of pyridine rings is 1. The lowest BCUT2D eigenvalue weighted by atomic mass is 10.3. The molecule has 4 nitrogen and oxygen atoms in total. The molecule has 84 valence electrons. The minimum Gasteiger partial charge on any atom is -0.367 e. The lowest BCUT2D eigenvalue weighted by Crippen LogP contribution is -2.32. The second-order valence-corrected chi connectivity index (χ2v) is 3.82. The van der Waals surface area contributed by atoms with Gasteiger partial charge in [-0.2, -0.15) is 0 Å². The van der Waals surface area contributed by atoms with E-state index in [0.717, 1.165) is 18.7 Å². The smallest absolute Gasteiger partial charge is 0.186 e. The number of H-pyrrole nitrogens is 1. The molecule has 0 unspecified atom stereocenters. The monoisotopic (exact) mass is 209 g/mol. The third-order valence-electron chi connectivity index (χ3n) is 2.07. The number of rotatable bonds is 6. The molecule has 0 bridgehead atoms. The van der Waals surface area contributed by atoms with E-state index in [-0.39, 0.29) is 5.43 Å². The van der Waals surface area contributed by atoms with Crippen LogP contribution in [0.3, 0.4) is 0 Å². The summed E-state index contributed by atoms with van der Waals surface area (Å²) in [4.78, 5) is 14.2. The average molecular weight is 209 g/mol. The molecule has 0 aliphatic heterocycles. The van der Waals surface area contributed by atoms with Crippen molar-refractivity contribution in [2.75, 3.05) is 13.1 Å². The van der Waals surface area contributed by atoms with Crippen LogP contribution in [0, 0.1) is 0 Å². The van der Waals surface area contributed by atoms with Gasteiger partial charge in [0.15, 0.2) is 5.43 Å². The fraction of sp³-hybridized carbons (Fsp3) is 0.545. The lowest BCUT2D eigenvalue weighted by Gasteiger charge is -2.08. The van der Waals surface area contributed by atoms with Crippen LogP contribution in [0.4, 0.5) is 0 Å². The maximum Gasteiger partial charge on any atom is 0.186 e. The molecule has 15 heavy (non-hydrogen) atoms. The number of aromatic nitrogens is 1. The van der Waals surface area contributed by atoms with Crippen molar-refractivity contribution >= 4 is 0 Å². The van der Waals surface area contributed by atoms with E-state index in [9.17, 15) is 4.79 Å². The Balaban J connectivity index is 2.21. The van der Waals surface area contributed by atoms with E-state index in [1.807, 2.05) is 0 Å². The molecule has 0 saturated carbocycles. The predicted octanol–water partition coefficient (Wildman–Crippen LogP) is 0.462. The predicted molar refractivity (Wildman–Crippen MR) is 61.9 cm³/mol. The Morgan fingerprint density at radius 3 is 2.87 bits per heavy atom. The second-order valence-electron chi connectivity index (χ2n) is 3.82. The van der Waals surface area contributed by atoms with Gasteiger partial charge in [0.05, 0.1) is 0 Å². The molecule has 0 amide bonds. The molecule has 4 heteroatoms. The van der Waals surface area contributed by atoms with Gasteiger partial charge in [-0.1, -0.05) is 13.8 Å². The first-order valence-corrected chi connectivity index (χ1v) is 5.30. The van der Waals surface area contributed by atoms with Crippen LogP contribution in [-0.4, -0.2) is 24.1 Å². The van der Waals surface area contributed by atoms with E-state index < -0.39 is 0 Å². The van der Waals surface area contributed by atoms with Crippen molar-refractivity contribution in [1.82, 2.24) is 15.6 Å². The number of hydrogen-bond acceptors (Lipinski definition) is 3. The summed E-state index contributed by atoms with van der Waals surface area (Å²) in [6, 6.07) is 2.05. The van der Waals surface area contributed by atoms with Gasteiger partial charge in [-0.05, 0) is 0 Å². The van der Waals surface area contributed by atoms with Gasteiger partial charge < -0.3 is 15.6 Å². The molecule has 1 heterocycles. The molecule has 0 atom stereocenters. The van der Waals surface area contributed by atoms with E-state index in [4.69, 9.17) is 0 Å². The molecule has 0 spiro atoms. The summed E-state index contributed by atoms with van der Waals surface area (Å²) in [6.45, 7) is 6.63. The van der Waals surface area contributed by atoms with Gasteiger partial charge >= 0.3 is 0 Å².